The maximum Gasteiger partial charge on any atom is 0.335 e. The number of hydrogen-bond acceptors (Lipinski definition) is 3. The summed E-state index contributed by atoms with van der Waals surface area (Å²) in [4.78, 5) is 10.8. The highest BCUT2D eigenvalue weighted by molar-refractivity contribution is 5.87. The quantitative estimate of drug-likeness (QED) is 0.731. The number of hydrogen-bond donors (Lipinski definition) is 3. The van der Waals surface area contributed by atoms with Crippen LogP contribution >= 0.6 is 0 Å². The fraction of sp³-hybridized carbons (Fsp3) is 0.133. The first-order valence-corrected chi connectivity index (χ1v) is 6.22. The predicted octanol–water partition coefficient (Wildman–Crippen LogP) is 2.24. The largest absolute Gasteiger partial charge is 0.494 e. The molecule has 5 nitrogen and oxygen atoms in total. The minimum absolute atomic E-state index is 0.00456. The summed E-state index contributed by atoms with van der Waals surface area (Å²) in [5.74, 6) is -1.00. The first-order valence-electron chi connectivity index (χ1n) is 6.22. The molecule has 20 heavy (non-hydrogen) atoms. The Morgan fingerprint density at radius 3 is 1.90 bits per heavy atom. The summed E-state index contributed by atoms with van der Waals surface area (Å²) in [7, 11) is 0. The average molecular weight is 271 g/mol. The number of aromatic carboxylic acids is 1. The van der Waals surface area contributed by atoms with Gasteiger partial charge >= 0.3 is 5.97 Å². The second-order valence-corrected chi connectivity index (χ2v) is 4.67. The van der Waals surface area contributed by atoms with E-state index in [1.807, 2.05) is 12.2 Å². The molecule has 3 N–H and O–H groups in total. The Morgan fingerprint density at radius 2 is 1.45 bits per heavy atom. The van der Waals surface area contributed by atoms with Gasteiger partial charge in [0.25, 0.3) is 0 Å². The minimum atomic E-state index is -1.01. The van der Waals surface area contributed by atoms with Crippen LogP contribution in [-0.2, 0) is 12.8 Å². The molecule has 0 spiro atoms. The van der Waals surface area contributed by atoms with Crippen molar-refractivity contribution >= 4 is 5.97 Å². The summed E-state index contributed by atoms with van der Waals surface area (Å²) in [5.41, 5.74) is 2.12. The van der Waals surface area contributed by atoms with Crippen molar-refractivity contribution in [3.63, 3.8) is 0 Å². The van der Waals surface area contributed by atoms with Crippen LogP contribution < -0.4 is 0 Å². The van der Waals surface area contributed by atoms with Gasteiger partial charge in [-0.3, -0.25) is 4.57 Å². The Bertz CT molecular complexity index is 679. The number of carboxylic acid groups (broad SMARTS) is 1. The third-order valence-corrected chi connectivity index (χ3v) is 3.51. The third kappa shape index (κ3) is 1.75. The van der Waals surface area contributed by atoms with Crippen molar-refractivity contribution in [3.8, 4) is 17.4 Å². The zero-order chi connectivity index (χ0) is 14.3. The zero-order valence-corrected chi connectivity index (χ0v) is 10.6. The van der Waals surface area contributed by atoms with Gasteiger partial charge in [0.2, 0.25) is 11.8 Å². The monoisotopic (exact) mass is 271 g/mol. The molecule has 0 radical (unpaired) electrons. The van der Waals surface area contributed by atoms with Crippen molar-refractivity contribution < 1.29 is 20.1 Å². The number of fused-ring (bicyclic) bond motifs is 1. The van der Waals surface area contributed by atoms with Crippen molar-refractivity contribution in [2.45, 2.75) is 12.8 Å². The van der Waals surface area contributed by atoms with Crippen LogP contribution in [-0.4, -0.2) is 25.9 Å². The summed E-state index contributed by atoms with van der Waals surface area (Å²) >= 11 is 0. The molecule has 0 unspecified atom stereocenters. The van der Waals surface area contributed by atoms with Gasteiger partial charge in [0, 0.05) is 11.1 Å². The van der Waals surface area contributed by atoms with Crippen LogP contribution in [0.4, 0.5) is 0 Å². The number of carboxylic acids is 1. The Morgan fingerprint density at radius 1 is 0.950 bits per heavy atom. The molecule has 0 saturated heterocycles. The normalized spacial score (nSPS) is 13.2. The molecule has 2 aromatic rings. The van der Waals surface area contributed by atoms with E-state index >= 15 is 0 Å². The molecule has 1 aliphatic carbocycles. The number of benzene rings is 1. The van der Waals surface area contributed by atoms with Crippen LogP contribution in [0.25, 0.3) is 5.69 Å². The number of nitrogens with zero attached hydrogens (tertiary/aromatic N) is 1. The molecule has 102 valence electrons. The molecule has 0 atom stereocenters. The highest BCUT2D eigenvalue weighted by Gasteiger charge is 2.23. The van der Waals surface area contributed by atoms with Gasteiger partial charge in [-0.15, -0.1) is 0 Å². The number of carbonyl (C=O) groups is 1. The second kappa shape index (κ2) is 4.45. The van der Waals surface area contributed by atoms with E-state index in [1.54, 1.807) is 12.1 Å². The molecule has 0 saturated carbocycles. The summed E-state index contributed by atoms with van der Waals surface area (Å²) < 4.78 is 1.34. The molecule has 0 bridgehead atoms. The van der Waals surface area contributed by atoms with Gasteiger partial charge in [-0.25, -0.2) is 4.79 Å². The van der Waals surface area contributed by atoms with E-state index in [4.69, 9.17) is 5.11 Å². The van der Waals surface area contributed by atoms with Gasteiger partial charge < -0.3 is 15.3 Å². The fourth-order valence-corrected chi connectivity index (χ4v) is 2.47. The van der Waals surface area contributed by atoms with Gasteiger partial charge in [-0.05, 0) is 37.1 Å². The molecule has 1 aromatic heterocycles. The van der Waals surface area contributed by atoms with Crippen molar-refractivity contribution in [1.29, 1.82) is 0 Å². The molecule has 1 aromatic carbocycles. The van der Waals surface area contributed by atoms with Crippen LogP contribution in [0.15, 0.2) is 36.4 Å². The van der Waals surface area contributed by atoms with Crippen molar-refractivity contribution in [2.75, 3.05) is 0 Å². The SMILES string of the molecule is O=C(O)c1ccc(-n2c(O)c3c(c2O)CC=CC3)cc1. The van der Waals surface area contributed by atoms with Crippen molar-refractivity contribution in [2.24, 2.45) is 0 Å². The molecular weight excluding hydrogens is 258 g/mol. The molecule has 1 aliphatic rings. The average Bonchev–Trinajstić information content (AvgIpc) is 2.72. The smallest absolute Gasteiger partial charge is 0.335 e. The molecule has 3 rings (SSSR count). The summed E-state index contributed by atoms with van der Waals surface area (Å²) in [5, 5.41) is 29.4. The first-order chi connectivity index (χ1) is 9.59. The Balaban J connectivity index is 2.11. The van der Waals surface area contributed by atoms with E-state index in [9.17, 15) is 15.0 Å². The number of aromatic hydroxyl groups is 2. The van der Waals surface area contributed by atoms with Crippen molar-refractivity contribution in [1.82, 2.24) is 4.57 Å². The lowest BCUT2D eigenvalue weighted by Crippen LogP contribution is -1.98. The zero-order valence-electron chi connectivity index (χ0n) is 10.6. The lowest BCUT2D eigenvalue weighted by Gasteiger charge is -2.07. The highest BCUT2D eigenvalue weighted by Crippen LogP contribution is 2.39. The second-order valence-electron chi connectivity index (χ2n) is 4.67. The molecule has 0 amide bonds. The van der Waals surface area contributed by atoms with Crippen LogP contribution in [0.5, 0.6) is 11.8 Å². The van der Waals surface area contributed by atoms with E-state index in [0.717, 1.165) is 0 Å². The lowest BCUT2D eigenvalue weighted by atomic mass is 10.0. The summed E-state index contributed by atoms with van der Waals surface area (Å²) in [6, 6.07) is 5.99. The van der Waals surface area contributed by atoms with E-state index in [2.05, 4.69) is 0 Å². The van der Waals surface area contributed by atoms with Gasteiger partial charge in [0.15, 0.2) is 0 Å². The lowest BCUT2D eigenvalue weighted by molar-refractivity contribution is 0.0697. The minimum Gasteiger partial charge on any atom is -0.494 e. The third-order valence-electron chi connectivity index (χ3n) is 3.51. The molecule has 5 heteroatoms. The van der Waals surface area contributed by atoms with Gasteiger partial charge in [0.1, 0.15) is 0 Å². The van der Waals surface area contributed by atoms with Crippen LogP contribution in [0.3, 0.4) is 0 Å². The van der Waals surface area contributed by atoms with E-state index in [1.165, 1.54) is 16.7 Å². The standard InChI is InChI=1S/C15H13NO4/c17-13-11-3-1-2-4-12(11)14(18)16(13)10-7-5-9(6-8-10)15(19)20/h1-2,5-8,17-18H,3-4H2,(H,19,20). The Kier molecular flexibility index (Phi) is 2.75. The Hall–Kier alpha value is -2.69. The summed E-state index contributed by atoms with van der Waals surface area (Å²) in [6.07, 6.45) is 5.04. The molecule has 0 fully saturated rings. The maximum absolute atomic E-state index is 10.8. The van der Waals surface area contributed by atoms with Gasteiger partial charge in [-0.1, -0.05) is 12.2 Å². The number of rotatable bonds is 2. The van der Waals surface area contributed by atoms with Crippen LogP contribution in [0, 0.1) is 0 Å². The van der Waals surface area contributed by atoms with Crippen molar-refractivity contribution in [3.05, 3.63) is 53.1 Å². The topological polar surface area (TPSA) is 82.7 Å². The van der Waals surface area contributed by atoms with Crippen LogP contribution in [0.2, 0.25) is 0 Å². The molecule has 0 aliphatic heterocycles. The molecule has 1 heterocycles. The first kappa shape index (κ1) is 12.3. The van der Waals surface area contributed by atoms with Crippen LogP contribution in [0.1, 0.15) is 21.5 Å². The maximum atomic E-state index is 10.8. The van der Waals surface area contributed by atoms with E-state index in [0.29, 0.717) is 29.7 Å². The van der Waals surface area contributed by atoms with E-state index < -0.39 is 5.97 Å². The molecular formula is C15H13NO4. The summed E-state index contributed by atoms with van der Waals surface area (Å²) in [6.45, 7) is 0. The number of allylic oxidation sites excluding steroid dienone is 2. The van der Waals surface area contributed by atoms with Gasteiger partial charge in [0.05, 0.1) is 11.3 Å². The van der Waals surface area contributed by atoms with Gasteiger partial charge in [-0.2, -0.15) is 0 Å². The van der Waals surface area contributed by atoms with E-state index in [-0.39, 0.29) is 17.3 Å². The number of aromatic nitrogens is 1. The Labute approximate surface area is 115 Å². The highest BCUT2D eigenvalue weighted by atomic mass is 16.4. The fourth-order valence-electron chi connectivity index (χ4n) is 2.47. The predicted molar refractivity (Wildman–Crippen MR) is 72.6 cm³/mol.